The number of ether oxygens (including phenoxy) is 1. The van der Waals surface area contributed by atoms with Gasteiger partial charge >= 0.3 is 0 Å². The monoisotopic (exact) mass is 492 g/mol. The molecule has 0 fully saturated rings. The van der Waals surface area contributed by atoms with Crippen molar-refractivity contribution in [2.45, 2.75) is 26.5 Å². The van der Waals surface area contributed by atoms with Crippen LogP contribution in [0.1, 0.15) is 19.7 Å². The Morgan fingerprint density at radius 2 is 2.23 bits per heavy atom. The van der Waals surface area contributed by atoms with Crippen LogP contribution in [-0.2, 0) is 13.6 Å². The minimum absolute atomic E-state index is 0. The van der Waals surface area contributed by atoms with Gasteiger partial charge in [0, 0.05) is 25.7 Å². The van der Waals surface area contributed by atoms with Gasteiger partial charge in [-0.2, -0.15) is 5.10 Å². The summed E-state index contributed by atoms with van der Waals surface area (Å²) in [5.41, 5.74) is 0. The number of nitrogens with zero attached hydrogens (tertiary/aromatic N) is 5. The van der Waals surface area contributed by atoms with E-state index < -0.39 is 0 Å². The molecule has 1 aromatic heterocycles. The Kier molecular flexibility index (Phi) is 9.71. The first-order valence-electron chi connectivity index (χ1n) is 8.24. The molecule has 0 bridgehead atoms. The average molecular weight is 493 g/mol. The van der Waals surface area contributed by atoms with Gasteiger partial charge in [0.25, 0.3) is 0 Å². The highest BCUT2D eigenvalue weighted by Crippen LogP contribution is 2.18. The molecule has 2 rings (SSSR count). The molecule has 1 atom stereocenters. The van der Waals surface area contributed by atoms with E-state index in [1.54, 1.807) is 17.1 Å². The van der Waals surface area contributed by atoms with Crippen molar-refractivity contribution in [1.82, 2.24) is 25.0 Å². The predicted molar refractivity (Wildman–Crippen MR) is 115 cm³/mol. The second kappa shape index (κ2) is 11.2. The molecule has 26 heavy (non-hydrogen) atoms. The summed E-state index contributed by atoms with van der Waals surface area (Å²) in [5, 5.41) is 8.03. The maximum absolute atomic E-state index is 5.98. The van der Waals surface area contributed by atoms with Gasteiger partial charge in [-0.25, -0.2) is 9.98 Å². The smallest absolute Gasteiger partial charge is 0.194 e. The summed E-state index contributed by atoms with van der Waals surface area (Å²) in [6, 6.07) is 7.37. The van der Waals surface area contributed by atoms with Gasteiger partial charge in [-0.05, 0) is 32.0 Å². The molecule has 1 N–H and O–H groups in total. The molecule has 0 radical (unpaired) electrons. The van der Waals surface area contributed by atoms with Crippen molar-refractivity contribution in [1.29, 1.82) is 0 Å². The van der Waals surface area contributed by atoms with Crippen molar-refractivity contribution in [3.05, 3.63) is 41.4 Å². The molecule has 0 aliphatic heterocycles. The lowest BCUT2D eigenvalue weighted by Crippen LogP contribution is -2.39. The van der Waals surface area contributed by atoms with Gasteiger partial charge in [0.2, 0.25) is 0 Å². The molecule has 7 nitrogen and oxygen atoms in total. The number of aryl methyl sites for hydroxylation is 1. The van der Waals surface area contributed by atoms with Crippen LogP contribution >= 0.6 is 35.6 Å². The Balaban J connectivity index is 0.00000338. The summed E-state index contributed by atoms with van der Waals surface area (Å²) < 4.78 is 7.62. The normalized spacial score (nSPS) is 12.3. The second-order valence-corrected chi connectivity index (χ2v) is 6.17. The van der Waals surface area contributed by atoms with Gasteiger partial charge in [-0.15, -0.1) is 24.0 Å². The highest BCUT2D eigenvalue weighted by atomic mass is 127. The highest BCUT2D eigenvalue weighted by molar-refractivity contribution is 14.0. The molecule has 2 aromatic rings. The molecule has 0 amide bonds. The van der Waals surface area contributed by atoms with E-state index in [1.807, 2.05) is 51.0 Å². The standard InChI is InChI=1S/C17H25ClN6O.HI/c1-5-19-17(23(3)11-16-21-12-22-24(16)4)20-10-13(2)25-15-8-6-7-14(18)9-15;/h6-9,12-13H,5,10-11H2,1-4H3,(H,19,20);1H. The van der Waals surface area contributed by atoms with Crippen molar-refractivity contribution >= 4 is 41.5 Å². The lowest BCUT2D eigenvalue weighted by Gasteiger charge is -2.22. The lowest BCUT2D eigenvalue weighted by atomic mass is 10.3. The van der Waals surface area contributed by atoms with Gasteiger partial charge in [0.15, 0.2) is 5.96 Å². The number of hydrogen-bond donors (Lipinski definition) is 1. The molecule has 0 saturated carbocycles. The van der Waals surface area contributed by atoms with Crippen molar-refractivity contribution in [2.24, 2.45) is 12.0 Å². The van der Waals surface area contributed by atoms with Crippen LogP contribution in [0.5, 0.6) is 5.75 Å². The first kappa shape index (κ1) is 22.5. The topological polar surface area (TPSA) is 67.6 Å². The zero-order chi connectivity index (χ0) is 18.2. The number of rotatable bonds is 7. The lowest BCUT2D eigenvalue weighted by molar-refractivity contribution is 0.229. The molecule has 1 aromatic carbocycles. The Bertz CT molecular complexity index is 708. The van der Waals surface area contributed by atoms with E-state index in [9.17, 15) is 0 Å². The zero-order valence-corrected chi connectivity index (χ0v) is 18.6. The van der Waals surface area contributed by atoms with Crippen LogP contribution in [0.4, 0.5) is 0 Å². The summed E-state index contributed by atoms with van der Waals surface area (Å²) in [7, 11) is 3.85. The van der Waals surface area contributed by atoms with E-state index in [-0.39, 0.29) is 30.1 Å². The van der Waals surface area contributed by atoms with Crippen LogP contribution in [0, 0.1) is 0 Å². The van der Waals surface area contributed by atoms with Crippen LogP contribution in [0.15, 0.2) is 35.6 Å². The van der Waals surface area contributed by atoms with Crippen LogP contribution in [-0.4, -0.2) is 51.9 Å². The first-order valence-corrected chi connectivity index (χ1v) is 8.62. The Hall–Kier alpha value is -1.55. The number of nitrogens with one attached hydrogen (secondary N) is 1. The summed E-state index contributed by atoms with van der Waals surface area (Å²) in [6.45, 7) is 5.95. The van der Waals surface area contributed by atoms with Crippen molar-refractivity contribution in [3.63, 3.8) is 0 Å². The molecule has 0 aliphatic carbocycles. The fourth-order valence-corrected chi connectivity index (χ4v) is 2.43. The SMILES string of the molecule is CCNC(=NCC(C)Oc1cccc(Cl)c1)N(C)Cc1ncnn1C.I. The largest absolute Gasteiger partial charge is 0.489 e. The van der Waals surface area contributed by atoms with Gasteiger partial charge < -0.3 is 15.0 Å². The van der Waals surface area contributed by atoms with Crippen LogP contribution in [0.25, 0.3) is 0 Å². The fraction of sp³-hybridized carbons (Fsp3) is 0.471. The number of aromatic nitrogens is 3. The molecule has 144 valence electrons. The summed E-state index contributed by atoms with van der Waals surface area (Å²) >= 11 is 5.98. The minimum atomic E-state index is -0.0737. The van der Waals surface area contributed by atoms with Crippen molar-refractivity contribution in [2.75, 3.05) is 20.1 Å². The molecule has 9 heteroatoms. The van der Waals surface area contributed by atoms with Gasteiger partial charge in [-0.1, -0.05) is 17.7 Å². The number of halogens is 2. The van der Waals surface area contributed by atoms with Gasteiger partial charge in [0.05, 0.1) is 13.1 Å². The molecule has 1 heterocycles. The molecular weight excluding hydrogens is 467 g/mol. The van der Waals surface area contributed by atoms with E-state index in [1.165, 1.54) is 0 Å². The summed E-state index contributed by atoms with van der Waals surface area (Å²) in [5.74, 6) is 2.41. The maximum atomic E-state index is 5.98. The van der Waals surface area contributed by atoms with E-state index in [0.717, 1.165) is 24.1 Å². The Morgan fingerprint density at radius 3 is 2.85 bits per heavy atom. The summed E-state index contributed by atoms with van der Waals surface area (Å²) in [6.07, 6.45) is 1.48. The Labute approximate surface area is 176 Å². The number of benzene rings is 1. The van der Waals surface area contributed by atoms with Crippen LogP contribution < -0.4 is 10.1 Å². The molecule has 1 unspecified atom stereocenters. The van der Waals surface area contributed by atoms with E-state index in [4.69, 9.17) is 16.3 Å². The van der Waals surface area contributed by atoms with Crippen LogP contribution in [0.3, 0.4) is 0 Å². The third-order valence-electron chi connectivity index (χ3n) is 3.51. The number of aliphatic imine (C=N–C) groups is 1. The van der Waals surface area contributed by atoms with Gasteiger partial charge in [0.1, 0.15) is 24.0 Å². The average Bonchev–Trinajstić information content (AvgIpc) is 2.96. The number of hydrogen-bond acceptors (Lipinski definition) is 4. The van der Waals surface area contributed by atoms with Gasteiger partial charge in [-0.3, -0.25) is 4.68 Å². The maximum Gasteiger partial charge on any atom is 0.194 e. The predicted octanol–water partition coefficient (Wildman–Crippen LogP) is 2.95. The second-order valence-electron chi connectivity index (χ2n) is 5.74. The van der Waals surface area contributed by atoms with Crippen molar-refractivity contribution in [3.8, 4) is 5.75 Å². The fourth-order valence-electron chi connectivity index (χ4n) is 2.24. The van der Waals surface area contributed by atoms with E-state index in [0.29, 0.717) is 18.1 Å². The van der Waals surface area contributed by atoms with Crippen LogP contribution in [0.2, 0.25) is 5.02 Å². The quantitative estimate of drug-likeness (QED) is 0.366. The third-order valence-corrected chi connectivity index (χ3v) is 3.75. The molecule has 0 spiro atoms. The minimum Gasteiger partial charge on any atom is -0.489 e. The Morgan fingerprint density at radius 1 is 1.46 bits per heavy atom. The third kappa shape index (κ3) is 6.99. The van der Waals surface area contributed by atoms with E-state index in [2.05, 4.69) is 20.4 Å². The van der Waals surface area contributed by atoms with E-state index >= 15 is 0 Å². The summed E-state index contributed by atoms with van der Waals surface area (Å²) in [4.78, 5) is 10.9. The highest BCUT2D eigenvalue weighted by Gasteiger charge is 2.11. The van der Waals surface area contributed by atoms with Crippen molar-refractivity contribution < 1.29 is 4.74 Å². The number of guanidine groups is 1. The first-order chi connectivity index (χ1) is 12.0. The molecular formula is C17H26ClIN6O. The molecule has 0 aliphatic rings. The molecule has 0 saturated heterocycles. The zero-order valence-electron chi connectivity index (χ0n) is 15.5.